The molecule has 0 spiro atoms. The number of carbonyl (C=O) groups is 2. The van der Waals surface area contributed by atoms with Crippen LogP contribution in [0.4, 0.5) is 0 Å². The summed E-state index contributed by atoms with van der Waals surface area (Å²) < 4.78 is 16.0. The van der Waals surface area contributed by atoms with Crippen molar-refractivity contribution in [3.05, 3.63) is 83.6 Å². The number of likely N-dealkylation sites (tertiary alicyclic amines) is 1. The zero-order valence-corrected chi connectivity index (χ0v) is 16.9. The van der Waals surface area contributed by atoms with Gasteiger partial charge in [-0.05, 0) is 42.0 Å². The Balaban J connectivity index is 1.90. The number of furan rings is 1. The van der Waals surface area contributed by atoms with Crippen LogP contribution in [0, 0.1) is 0 Å². The number of hydrogen-bond donors (Lipinski definition) is 1. The molecule has 1 aliphatic rings. The maximum Gasteiger partial charge on any atom is 0.296 e. The largest absolute Gasteiger partial charge is 0.507 e. The topological polar surface area (TPSA) is 102 Å². The van der Waals surface area contributed by atoms with Gasteiger partial charge < -0.3 is 23.9 Å². The molecular formula is C23H20N2O6. The first kappa shape index (κ1) is 20.2. The van der Waals surface area contributed by atoms with Gasteiger partial charge in [-0.1, -0.05) is 6.07 Å². The SMILES string of the molecule is COc1ccc(OC)c(/C(O)=C2\C(=O)C(=O)N(Cc3ccco3)C2c2cccnc2)c1. The van der Waals surface area contributed by atoms with E-state index < -0.39 is 17.7 Å². The van der Waals surface area contributed by atoms with Gasteiger partial charge >= 0.3 is 0 Å². The first-order valence-electron chi connectivity index (χ1n) is 9.48. The molecule has 31 heavy (non-hydrogen) atoms. The maximum absolute atomic E-state index is 13.1. The van der Waals surface area contributed by atoms with Crippen LogP contribution in [0.25, 0.3) is 5.76 Å². The summed E-state index contributed by atoms with van der Waals surface area (Å²) in [4.78, 5) is 31.5. The predicted octanol–water partition coefficient (Wildman–Crippen LogP) is 3.31. The van der Waals surface area contributed by atoms with E-state index in [9.17, 15) is 14.7 Å². The van der Waals surface area contributed by atoms with E-state index in [-0.39, 0.29) is 23.4 Å². The van der Waals surface area contributed by atoms with E-state index in [2.05, 4.69) is 4.98 Å². The summed E-state index contributed by atoms with van der Waals surface area (Å²) in [7, 11) is 2.94. The van der Waals surface area contributed by atoms with E-state index in [1.54, 1.807) is 54.9 Å². The molecule has 1 fully saturated rings. The number of ether oxygens (including phenoxy) is 2. The number of amides is 1. The monoisotopic (exact) mass is 420 g/mol. The van der Waals surface area contributed by atoms with Crippen molar-refractivity contribution in [2.45, 2.75) is 12.6 Å². The normalized spacial score (nSPS) is 17.7. The second-order valence-electron chi connectivity index (χ2n) is 6.86. The van der Waals surface area contributed by atoms with E-state index in [4.69, 9.17) is 13.9 Å². The van der Waals surface area contributed by atoms with E-state index in [0.717, 1.165) is 0 Å². The minimum atomic E-state index is -0.852. The fraction of sp³-hybridized carbons (Fsp3) is 0.174. The molecule has 3 aromatic rings. The third-order valence-electron chi connectivity index (χ3n) is 5.11. The lowest BCUT2D eigenvalue weighted by molar-refractivity contribution is -0.140. The summed E-state index contributed by atoms with van der Waals surface area (Å²) in [6.45, 7) is 0.0587. The quantitative estimate of drug-likeness (QED) is 0.371. The van der Waals surface area contributed by atoms with Crippen LogP contribution in [0.5, 0.6) is 11.5 Å². The number of carbonyl (C=O) groups excluding carboxylic acids is 2. The van der Waals surface area contributed by atoms with Crippen LogP contribution >= 0.6 is 0 Å². The highest BCUT2D eigenvalue weighted by Gasteiger charge is 2.46. The molecular weight excluding hydrogens is 400 g/mol. The van der Waals surface area contributed by atoms with Gasteiger partial charge in [0.05, 0.1) is 44.2 Å². The van der Waals surface area contributed by atoms with Gasteiger partial charge in [-0.2, -0.15) is 0 Å². The van der Waals surface area contributed by atoms with E-state index in [0.29, 0.717) is 22.8 Å². The standard InChI is InChI=1S/C23H20N2O6/c1-29-15-7-8-18(30-2)17(11-15)21(26)19-20(14-5-3-9-24-12-14)25(23(28)22(19)27)13-16-6-4-10-31-16/h3-12,20,26H,13H2,1-2H3/b21-19+. The number of benzene rings is 1. The van der Waals surface area contributed by atoms with Crippen molar-refractivity contribution in [2.75, 3.05) is 14.2 Å². The minimum absolute atomic E-state index is 0.0587. The number of aromatic nitrogens is 1. The number of rotatable bonds is 6. The van der Waals surface area contributed by atoms with Crippen LogP contribution in [0.2, 0.25) is 0 Å². The Morgan fingerprint density at radius 1 is 1.16 bits per heavy atom. The number of ketones is 1. The molecule has 1 saturated heterocycles. The van der Waals surface area contributed by atoms with Crippen molar-refractivity contribution in [2.24, 2.45) is 0 Å². The lowest BCUT2D eigenvalue weighted by Gasteiger charge is -2.24. The third-order valence-corrected chi connectivity index (χ3v) is 5.11. The fourth-order valence-corrected chi connectivity index (χ4v) is 3.64. The zero-order valence-electron chi connectivity index (χ0n) is 16.9. The van der Waals surface area contributed by atoms with Gasteiger partial charge in [0.2, 0.25) is 0 Å². The Kier molecular flexibility index (Phi) is 5.44. The van der Waals surface area contributed by atoms with Crippen LogP contribution in [0.1, 0.15) is 22.9 Å². The third kappa shape index (κ3) is 3.63. The van der Waals surface area contributed by atoms with E-state index in [1.807, 2.05) is 0 Å². The van der Waals surface area contributed by atoms with Gasteiger partial charge in [0.15, 0.2) is 0 Å². The number of Topliss-reactive ketones (excluding diaryl/α,β-unsaturated/α-hetero) is 1. The fourth-order valence-electron chi connectivity index (χ4n) is 3.64. The van der Waals surface area contributed by atoms with E-state index in [1.165, 1.54) is 25.4 Å². The van der Waals surface area contributed by atoms with Gasteiger partial charge in [-0.3, -0.25) is 14.6 Å². The lowest BCUT2D eigenvalue weighted by atomic mass is 9.96. The molecule has 2 aromatic heterocycles. The second kappa shape index (κ2) is 8.35. The number of pyridine rings is 1. The average molecular weight is 420 g/mol. The zero-order chi connectivity index (χ0) is 22.0. The Hall–Kier alpha value is -4.07. The van der Waals surface area contributed by atoms with Crippen molar-refractivity contribution >= 4 is 17.4 Å². The summed E-state index contributed by atoms with van der Waals surface area (Å²) in [6, 6.07) is 10.8. The highest BCUT2D eigenvalue weighted by Crippen LogP contribution is 2.42. The Morgan fingerprint density at radius 3 is 2.65 bits per heavy atom. The van der Waals surface area contributed by atoms with E-state index >= 15 is 0 Å². The van der Waals surface area contributed by atoms with Gasteiger partial charge in [0, 0.05) is 12.4 Å². The molecule has 0 saturated carbocycles. The molecule has 158 valence electrons. The van der Waals surface area contributed by atoms with Gasteiger partial charge in [-0.25, -0.2) is 0 Å². The molecule has 8 nitrogen and oxygen atoms in total. The smallest absolute Gasteiger partial charge is 0.296 e. The molecule has 0 bridgehead atoms. The molecule has 1 N–H and O–H groups in total. The molecule has 1 atom stereocenters. The Bertz CT molecular complexity index is 1140. The molecule has 1 amide bonds. The van der Waals surface area contributed by atoms with Crippen molar-refractivity contribution < 1.29 is 28.6 Å². The number of hydrogen-bond acceptors (Lipinski definition) is 7. The molecule has 1 unspecified atom stereocenters. The van der Waals surface area contributed by atoms with Crippen LogP contribution in [0.15, 0.2) is 71.1 Å². The Morgan fingerprint density at radius 2 is 2.00 bits per heavy atom. The van der Waals surface area contributed by atoms with Gasteiger partial charge in [0.1, 0.15) is 23.0 Å². The summed E-state index contributed by atoms with van der Waals surface area (Å²) in [5, 5.41) is 11.2. The van der Waals surface area contributed by atoms with Crippen LogP contribution in [-0.2, 0) is 16.1 Å². The molecule has 1 aliphatic heterocycles. The molecule has 1 aromatic carbocycles. The minimum Gasteiger partial charge on any atom is -0.507 e. The van der Waals surface area contributed by atoms with Crippen molar-refractivity contribution in [3.8, 4) is 11.5 Å². The summed E-state index contributed by atoms with van der Waals surface area (Å²) in [5.41, 5.74) is 0.763. The van der Waals surface area contributed by atoms with Crippen LogP contribution < -0.4 is 9.47 Å². The molecule has 4 rings (SSSR count). The predicted molar refractivity (Wildman–Crippen MR) is 110 cm³/mol. The van der Waals surface area contributed by atoms with Crippen LogP contribution in [0.3, 0.4) is 0 Å². The molecule has 0 radical (unpaired) electrons. The molecule has 8 heteroatoms. The highest BCUT2D eigenvalue weighted by atomic mass is 16.5. The van der Waals surface area contributed by atoms with Crippen LogP contribution in [-0.4, -0.2) is 40.9 Å². The number of nitrogens with zero attached hydrogens (tertiary/aromatic N) is 2. The number of methoxy groups -OCH3 is 2. The van der Waals surface area contributed by atoms with Crippen molar-refractivity contribution in [3.63, 3.8) is 0 Å². The first-order valence-corrected chi connectivity index (χ1v) is 9.48. The number of aliphatic hydroxyl groups excluding tert-OH is 1. The van der Waals surface area contributed by atoms with Gasteiger partial charge in [0.25, 0.3) is 11.7 Å². The summed E-state index contributed by atoms with van der Waals surface area (Å²) in [5.74, 6) is -0.596. The maximum atomic E-state index is 13.1. The lowest BCUT2D eigenvalue weighted by Crippen LogP contribution is -2.29. The highest BCUT2D eigenvalue weighted by molar-refractivity contribution is 6.46. The average Bonchev–Trinajstić information content (AvgIpc) is 3.41. The summed E-state index contributed by atoms with van der Waals surface area (Å²) >= 11 is 0. The van der Waals surface area contributed by atoms with Crippen molar-refractivity contribution in [1.82, 2.24) is 9.88 Å². The second-order valence-corrected chi connectivity index (χ2v) is 6.86. The van der Waals surface area contributed by atoms with Gasteiger partial charge in [-0.15, -0.1) is 0 Å². The van der Waals surface area contributed by atoms with Crippen molar-refractivity contribution in [1.29, 1.82) is 0 Å². The number of aliphatic hydroxyl groups is 1. The molecule has 3 heterocycles. The Labute approximate surface area is 178 Å². The molecule has 0 aliphatic carbocycles. The summed E-state index contributed by atoms with van der Waals surface area (Å²) in [6.07, 6.45) is 4.64. The first-order chi connectivity index (χ1) is 15.0.